The van der Waals surface area contributed by atoms with Crippen molar-refractivity contribution in [1.29, 1.82) is 0 Å². The molecule has 2 aromatic rings. The summed E-state index contributed by atoms with van der Waals surface area (Å²) >= 11 is 6.24. The average molecular weight is 280 g/mol. The van der Waals surface area contributed by atoms with E-state index in [-0.39, 0.29) is 0 Å². The molecule has 1 aromatic carbocycles. The summed E-state index contributed by atoms with van der Waals surface area (Å²) < 4.78 is 2.04. The lowest BCUT2D eigenvalue weighted by atomic mass is 10.1. The fraction of sp³-hybridized carbons (Fsp3) is 0.533. The zero-order valence-corrected chi connectivity index (χ0v) is 12.3. The number of nitrogens with zero attached hydrogens (tertiary/aromatic N) is 2. The molecule has 0 atom stereocenters. The highest BCUT2D eigenvalue weighted by molar-refractivity contribution is 6.35. The highest BCUT2D eigenvalue weighted by atomic mass is 35.5. The molecule has 2 N–H and O–H groups in total. The fourth-order valence-electron chi connectivity index (χ4n) is 2.44. The number of nitrogens with two attached hydrogens (primary N) is 1. The number of rotatable bonds is 7. The number of fused-ring (bicyclic) bond motifs is 1. The summed E-state index contributed by atoms with van der Waals surface area (Å²) in [5.74, 6) is 0.566. The topological polar surface area (TPSA) is 43.8 Å². The molecule has 0 fully saturated rings. The molecule has 0 aliphatic heterocycles. The van der Waals surface area contributed by atoms with Crippen molar-refractivity contribution in [2.24, 2.45) is 0 Å². The molecule has 104 valence electrons. The molecule has 4 heteroatoms. The zero-order chi connectivity index (χ0) is 13.7. The van der Waals surface area contributed by atoms with Gasteiger partial charge in [-0.1, -0.05) is 56.7 Å². The van der Waals surface area contributed by atoms with Crippen LogP contribution in [0.5, 0.6) is 0 Å². The summed E-state index contributed by atoms with van der Waals surface area (Å²) in [6.07, 6.45) is 7.62. The Bertz CT molecular complexity index is 533. The minimum Gasteiger partial charge on any atom is -0.369 e. The van der Waals surface area contributed by atoms with Crippen molar-refractivity contribution in [1.82, 2.24) is 9.55 Å². The van der Waals surface area contributed by atoms with Crippen molar-refractivity contribution in [3.63, 3.8) is 0 Å². The molecule has 3 nitrogen and oxygen atoms in total. The number of benzene rings is 1. The first-order valence-electron chi connectivity index (χ1n) is 7.14. The number of imidazole rings is 1. The van der Waals surface area contributed by atoms with E-state index in [1.54, 1.807) is 0 Å². The summed E-state index contributed by atoms with van der Waals surface area (Å²) in [4.78, 5) is 4.36. The van der Waals surface area contributed by atoms with Crippen LogP contribution in [0.3, 0.4) is 0 Å². The number of para-hydroxylation sites is 1. The molecule has 0 aliphatic rings. The Morgan fingerprint density at radius 1 is 1.16 bits per heavy atom. The summed E-state index contributed by atoms with van der Waals surface area (Å²) in [7, 11) is 0. The molecule has 19 heavy (non-hydrogen) atoms. The van der Waals surface area contributed by atoms with E-state index in [4.69, 9.17) is 17.3 Å². The lowest BCUT2D eigenvalue weighted by Gasteiger charge is -2.07. The normalized spacial score (nSPS) is 11.3. The van der Waals surface area contributed by atoms with Gasteiger partial charge in [0, 0.05) is 6.54 Å². The molecular weight excluding hydrogens is 258 g/mol. The number of anilines is 1. The van der Waals surface area contributed by atoms with Gasteiger partial charge in [0.1, 0.15) is 0 Å². The molecule has 0 bridgehead atoms. The van der Waals surface area contributed by atoms with Gasteiger partial charge in [0.2, 0.25) is 5.95 Å². The molecule has 0 aliphatic carbocycles. The molecule has 0 amide bonds. The molecule has 0 saturated carbocycles. The third kappa shape index (κ3) is 3.41. The van der Waals surface area contributed by atoms with Crippen molar-refractivity contribution >= 4 is 28.6 Å². The van der Waals surface area contributed by atoms with Crippen molar-refractivity contribution in [3.8, 4) is 0 Å². The van der Waals surface area contributed by atoms with Crippen LogP contribution >= 0.6 is 11.6 Å². The van der Waals surface area contributed by atoms with Crippen LogP contribution in [-0.2, 0) is 6.54 Å². The smallest absolute Gasteiger partial charge is 0.201 e. The van der Waals surface area contributed by atoms with Crippen molar-refractivity contribution < 1.29 is 0 Å². The van der Waals surface area contributed by atoms with Gasteiger partial charge in [-0.05, 0) is 18.6 Å². The van der Waals surface area contributed by atoms with E-state index in [9.17, 15) is 0 Å². The predicted molar refractivity (Wildman–Crippen MR) is 82.5 cm³/mol. The van der Waals surface area contributed by atoms with Gasteiger partial charge in [-0.15, -0.1) is 0 Å². The molecule has 1 aromatic heterocycles. The SMILES string of the molecule is CCCCCCCCn1c(N)nc2cccc(Cl)c21. The van der Waals surface area contributed by atoms with Crippen LogP contribution in [0.25, 0.3) is 11.0 Å². The Hall–Kier alpha value is -1.22. The lowest BCUT2D eigenvalue weighted by Crippen LogP contribution is -2.03. The summed E-state index contributed by atoms with van der Waals surface area (Å²) in [5, 5.41) is 0.729. The average Bonchev–Trinajstić information content (AvgIpc) is 2.71. The first-order valence-corrected chi connectivity index (χ1v) is 7.52. The first kappa shape index (κ1) is 14.2. The van der Waals surface area contributed by atoms with Gasteiger partial charge >= 0.3 is 0 Å². The van der Waals surface area contributed by atoms with Gasteiger partial charge in [0.05, 0.1) is 16.1 Å². The number of nitrogen functional groups attached to an aromatic ring is 1. The number of hydrogen-bond acceptors (Lipinski definition) is 2. The number of aryl methyl sites for hydroxylation is 1. The van der Waals surface area contributed by atoms with Crippen molar-refractivity contribution in [2.45, 2.75) is 52.0 Å². The second-order valence-electron chi connectivity index (χ2n) is 5.00. The molecule has 0 radical (unpaired) electrons. The van der Waals surface area contributed by atoms with Crippen LogP contribution < -0.4 is 5.73 Å². The van der Waals surface area contributed by atoms with E-state index in [2.05, 4.69) is 11.9 Å². The number of halogens is 1. The zero-order valence-electron chi connectivity index (χ0n) is 11.5. The predicted octanol–water partition coefficient (Wildman–Crippen LogP) is 4.63. The van der Waals surface area contributed by atoms with Crippen molar-refractivity contribution in [2.75, 3.05) is 5.73 Å². The van der Waals surface area contributed by atoms with Gasteiger partial charge < -0.3 is 10.3 Å². The third-order valence-electron chi connectivity index (χ3n) is 3.48. The second kappa shape index (κ2) is 6.80. The van der Waals surface area contributed by atoms with Crippen LogP contribution in [0.15, 0.2) is 18.2 Å². The van der Waals surface area contributed by atoms with Gasteiger partial charge in [-0.2, -0.15) is 0 Å². The lowest BCUT2D eigenvalue weighted by molar-refractivity contribution is 0.567. The van der Waals surface area contributed by atoms with E-state index >= 15 is 0 Å². The molecule has 2 rings (SSSR count). The van der Waals surface area contributed by atoms with Gasteiger partial charge in [0.15, 0.2) is 0 Å². The van der Waals surface area contributed by atoms with Crippen LogP contribution in [-0.4, -0.2) is 9.55 Å². The van der Waals surface area contributed by atoms with E-state index in [0.717, 1.165) is 29.0 Å². The highest BCUT2D eigenvalue weighted by Gasteiger charge is 2.10. The quantitative estimate of drug-likeness (QED) is 0.751. The van der Waals surface area contributed by atoms with Crippen LogP contribution in [0.2, 0.25) is 5.02 Å². The number of unbranched alkanes of at least 4 members (excludes halogenated alkanes) is 5. The van der Waals surface area contributed by atoms with E-state index in [0.29, 0.717) is 5.95 Å². The van der Waals surface area contributed by atoms with Crippen molar-refractivity contribution in [3.05, 3.63) is 23.2 Å². The Balaban J connectivity index is 1.98. The molecule has 0 unspecified atom stereocenters. The Kier molecular flexibility index (Phi) is 5.08. The monoisotopic (exact) mass is 279 g/mol. The molecule has 0 spiro atoms. The van der Waals surface area contributed by atoms with Gasteiger partial charge in [0.25, 0.3) is 0 Å². The minimum atomic E-state index is 0.566. The molecule has 0 saturated heterocycles. The fourth-order valence-corrected chi connectivity index (χ4v) is 2.71. The number of aromatic nitrogens is 2. The number of hydrogen-bond donors (Lipinski definition) is 1. The highest BCUT2D eigenvalue weighted by Crippen LogP contribution is 2.26. The summed E-state index contributed by atoms with van der Waals surface area (Å²) in [6.45, 7) is 3.14. The minimum absolute atomic E-state index is 0.566. The maximum Gasteiger partial charge on any atom is 0.201 e. The van der Waals surface area contributed by atoms with E-state index in [1.165, 1.54) is 32.1 Å². The largest absolute Gasteiger partial charge is 0.369 e. The van der Waals surface area contributed by atoms with Gasteiger partial charge in [-0.3, -0.25) is 0 Å². The maximum atomic E-state index is 6.24. The Labute approximate surface area is 119 Å². The standard InChI is InChI=1S/C15H22ClN3/c1-2-3-4-5-6-7-11-19-14-12(16)9-8-10-13(14)18-15(19)17/h8-10H,2-7,11H2,1H3,(H2,17,18). The Morgan fingerprint density at radius 3 is 2.68 bits per heavy atom. The van der Waals surface area contributed by atoms with Crippen LogP contribution in [0.4, 0.5) is 5.95 Å². The molecule has 1 heterocycles. The second-order valence-corrected chi connectivity index (χ2v) is 5.40. The summed E-state index contributed by atoms with van der Waals surface area (Å²) in [5.41, 5.74) is 7.83. The maximum absolute atomic E-state index is 6.24. The van der Waals surface area contributed by atoms with Crippen LogP contribution in [0.1, 0.15) is 45.4 Å². The van der Waals surface area contributed by atoms with E-state index < -0.39 is 0 Å². The van der Waals surface area contributed by atoms with Crippen LogP contribution in [0, 0.1) is 0 Å². The summed E-state index contributed by atoms with van der Waals surface area (Å²) in [6, 6.07) is 5.75. The van der Waals surface area contributed by atoms with Gasteiger partial charge in [-0.25, -0.2) is 4.98 Å². The van der Waals surface area contributed by atoms with E-state index in [1.807, 2.05) is 22.8 Å². The molecular formula is C15H22ClN3. The first-order chi connectivity index (χ1) is 9.24. The third-order valence-corrected chi connectivity index (χ3v) is 3.79. The Morgan fingerprint density at radius 2 is 1.89 bits per heavy atom.